The first-order valence-electron chi connectivity index (χ1n) is 5.18. The first kappa shape index (κ1) is 13.6. The molecule has 0 spiro atoms. The third-order valence-corrected chi connectivity index (χ3v) is 2.85. The Labute approximate surface area is 118 Å². The predicted octanol–water partition coefficient (Wildman–Crippen LogP) is 3.15. The lowest BCUT2D eigenvalue weighted by Gasteiger charge is -2.04. The fraction of sp³-hybridized carbons (Fsp3) is 0. The lowest BCUT2D eigenvalue weighted by atomic mass is 10.2. The summed E-state index contributed by atoms with van der Waals surface area (Å²) < 4.78 is 13.3. The maximum absolute atomic E-state index is 13.3. The number of aromatic nitrogens is 1. The number of pyridine rings is 1. The van der Waals surface area contributed by atoms with E-state index in [1.165, 1.54) is 12.1 Å². The van der Waals surface area contributed by atoms with Crippen LogP contribution in [0.15, 0.2) is 35.5 Å². The Morgan fingerprint density at radius 3 is 2.47 bits per heavy atom. The molecule has 0 aliphatic heterocycles. The molecule has 0 radical (unpaired) electrons. The highest BCUT2D eigenvalue weighted by Crippen LogP contribution is 2.29. The van der Waals surface area contributed by atoms with Gasteiger partial charge in [0.2, 0.25) is 0 Å². The Morgan fingerprint density at radius 1 is 1.26 bits per heavy atom. The molecule has 0 unspecified atom stereocenters. The van der Waals surface area contributed by atoms with Crippen LogP contribution in [0.1, 0.15) is 5.69 Å². The molecule has 1 aromatic carbocycles. The topological polar surface area (TPSA) is 77.3 Å². The first-order valence-corrected chi connectivity index (χ1v) is 5.94. The van der Waals surface area contributed by atoms with E-state index in [4.69, 9.17) is 34.7 Å². The molecule has 1 heterocycles. The minimum absolute atomic E-state index is 0.0943. The molecule has 0 saturated heterocycles. The minimum Gasteiger partial charge on any atom is -0.397 e. The van der Waals surface area contributed by atoms with Crippen LogP contribution >= 0.6 is 23.2 Å². The SMILES string of the molecule is NC(=Nc1cc(Cl)c(F)c(Cl)c1)c1ncccc1N. The second-order valence-corrected chi connectivity index (χ2v) is 4.48. The zero-order chi connectivity index (χ0) is 14.0. The summed E-state index contributed by atoms with van der Waals surface area (Å²) in [6.45, 7) is 0. The van der Waals surface area contributed by atoms with E-state index in [1.807, 2.05) is 0 Å². The summed E-state index contributed by atoms with van der Waals surface area (Å²) in [6, 6.07) is 5.95. The normalized spacial score (nSPS) is 11.6. The van der Waals surface area contributed by atoms with Crippen molar-refractivity contribution in [2.75, 3.05) is 5.73 Å². The second kappa shape index (κ2) is 5.42. The number of nitrogen functional groups attached to an aromatic ring is 1. The molecular formula is C12H9Cl2FN4. The van der Waals surface area contributed by atoms with Gasteiger partial charge in [0.1, 0.15) is 5.69 Å². The fourth-order valence-corrected chi connectivity index (χ4v) is 1.91. The van der Waals surface area contributed by atoms with E-state index in [0.29, 0.717) is 17.1 Å². The van der Waals surface area contributed by atoms with Crippen LogP contribution in [0.5, 0.6) is 0 Å². The fourth-order valence-electron chi connectivity index (χ4n) is 1.43. The molecule has 0 aliphatic carbocycles. The summed E-state index contributed by atoms with van der Waals surface area (Å²) >= 11 is 11.3. The van der Waals surface area contributed by atoms with Gasteiger partial charge in [0.25, 0.3) is 0 Å². The lowest BCUT2D eigenvalue weighted by molar-refractivity contribution is 0.629. The highest BCUT2D eigenvalue weighted by molar-refractivity contribution is 6.35. The molecule has 2 rings (SSSR count). The van der Waals surface area contributed by atoms with Gasteiger partial charge in [0.05, 0.1) is 21.4 Å². The van der Waals surface area contributed by atoms with Crippen LogP contribution in [0.2, 0.25) is 10.0 Å². The van der Waals surface area contributed by atoms with E-state index >= 15 is 0 Å². The zero-order valence-electron chi connectivity index (χ0n) is 9.57. The summed E-state index contributed by atoms with van der Waals surface area (Å²) in [5.41, 5.74) is 12.6. The first-order chi connectivity index (χ1) is 8.99. The number of aliphatic imine (C=N–C) groups is 1. The van der Waals surface area contributed by atoms with Crippen molar-refractivity contribution in [3.63, 3.8) is 0 Å². The maximum atomic E-state index is 13.3. The Kier molecular flexibility index (Phi) is 3.87. The van der Waals surface area contributed by atoms with Gasteiger partial charge in [-0.15, -0.1) is 0 Å². The Balaban J connectivity index is 2.44. The summed E-state index contributed by atoms with van der Waals surface area (Å²) in [5.74, 6) is -0.602. The number of benzene rings is 1. The highest BCUT2D eigenvalue weighted by Gasteiger charge is 2.09. The molecule has 1 aromatic heterocycles. The van der Waals surface area contributed by atoms with Gasteiger partial charge in [-0.3, -0.25) is 4.98 Å². The number of hydrogen-bond acceptors (Lipinski definition) is 3. The van der Waals surface area contributed by atoms with Gasteiger partial charge >= 0.3 is 0 Å². The van der Waals surface area contributed by atoms with E-state index in [-0.39, 0.29) is 15.9 Å². The standard InChI is InChI=1S/C12H9Cl2FN4/c13-7-4-6(5-8(14)10(7)15)19-12(17)11-9(16)2-1-3-18-11/h1-5H,16H2,(H2,17,19). The van der Waals surface area contributed by atoms with Gasteiger partial charge in [-0.1, -0.05) is 23.2 Å². The average molecular weight is 299 g/mol. The van der Waals surface area contributed by atoms with E-state index in [9.17, 15) is 4.39 Å². The molecular weight excluding hydrogens is 290 g/mol. The molecule has 7 heteroatoms. The van der Waals surface area contributed by atoms with Crippen LogP contribution in [0.25, 0.3) is 0 Å². The van der Waals surface area contributed by atoms with Crippen molar-refractivity contribution in [2.24, 2.45) is 10.7 Å². The molecule has 19 heavy (non-hydrogen) atoms. The number of hydrogen-bond donors (Lipinski definition) is 2. The Bertz CT molecular complexity index is 635. The summed E-state index contributed by atoms with van der Waals surface area (Å²) in [4.78, 5) is 8.09. The van der Waals surface area contributed by atoms with E-state index < -0.39 is 5.82 Å². The molecule has 0 fully saturated rings. The molecule has 4 N–H and O–H groups in total. The van der Waals surface area contributed by atoms with Crippen LogP contribution in [-0.2, 0) is 0 Å². The molecule has 4 nitrogen and oxygen atoms in total. The summed E-state index contributed by atoms with van der Waals surface area (Å²) in [7, 11) is 0. The predicted molar refractivity (Wildman–Crippen MR) is 75.5 cm³/mol. The van der Waals surface area contributed by atoms with Crippen LogP contribution in [0.4, 0.5) is 15.8 Å². The van der Waals surface area contributed by atoms with Crippen LogP contribution in [0.3, 0.4) is 0 Å². The number of rotatable bonds is 2. The van der Waals surface area contributed by atoms with Gasteiger partial charge in [-0.05, 0) is 24.3 Å². The van der Waals surface area contributed by atoms with Crippen molar-refractivity contribution in [1.82, 2.24) is 4.98 Å². The second-order valence-electron chi connectivity index (χ2n) is 3.66. The van der Waals surface area contributed by atoms with Crippen LogP contribution in [-0.4, -0.2) is 10.8 Å². The maximum Gasteiger partial charge on any atom is 0.160 e. The molecule has 0 atom stereocenters. The van der Waals surface area contributed by atoms with Gasteiger partial charge in [-0.25, -0.2) is 9.38 Å². The molecule has 98 valence electrons. The Hall–Kier alpha value is -1.85. The quantitative estimate of drug-likeness (QED) is 0.508. The number of amidine groups is 1. The Morgan fingerprint density at radius 2 is 1.89 bits per heavy atom. The van der Waals surface area contributed by atoms with Crippen molar-refractivity contribution < 1.29 is 4.39 Å². The summed E-state index contributed by atoms with van der Waals surface area (Å²) in [5, 5.41) is -0.263. The third-order valence-electron chi connectivity index (χ3n) is 2.30. The van der Waals surface area contributed by atoms with Crippen molar-refractivity contribution in [3.05, 3.63) is 52.0 Å². The molecule has 0 amide bonds. The molecule has 0 saturated carbocycles. The average Bonchev–Trinajstić information content (AvgIpc) is 2.36. The summed E-state index contributed by atoms with van der Waals surface area (Å²) in [6.07, 6.45) is 1.54. The van der Waals surface area contributed by atoms with Gasteiger partial charge in [0.15, 0.2) is 11.7 Å². The van der Waals surface area contributed by atoms with Crippen molar-refractivity contribution >= 4 is 40.4 Å². The van der Waals surface area contributed by atoms with Gasteiger partial charge in [0, 0.05) is 6.20 Å². The van der Waals surface area contributed by atoms with Crippen LogP contribution in [0, 0.1) is 5.82 Å². The van der Waals surface area contributed by atoms with Gasteiger partial charge in [-0.2, -0.15) is 0 Å². The number of halogens is 3. The van der Waals surface area contributed by atoms with E-state index in [1.54, 1.807) is 18.3 Å². The van der Waals surface area contributed by atoms with Crippen molar-refractivity contribution in [2.45, 2.75) is 0 Å². The zero-order valence-corrected chi connectivity index (χ0v) is 11.1. The largest absolute Gasteiger partial charge is 0.397 e. The number of nitrogens with two attached hydrogens (primary N) is 2. The minimum atomic E-state index is -0.696. The number of nitrogens with zero attached hydrogens (tertiary/aromatic N) is 2. The lowest BCUT2D eigenvalue weighted by Crippen LogP contribution is -2.16. The van der Waals surface area contributed by atoms with Crippen molar-refractivity contribution in [3.8, 4) is 0 Å². The van der Waals surface area contributed by atoms with Crippen LogP contribution < -0.4 is 11.5 Å². The van der Waals surface area contributed by atoms with Gasteiger partial charge < -0.3 is 11.5 Å². The third kappa shape index (κ3) is 2.94. The van der Waals surface area contributed by atoms with Crippen molar-refractivity contribution in [1.29, 1.82) is 0 Å². The monoisotopic (exact) mass is 298 g/mol. The molecule has 0 aliphatic rings. The van der Waals surface area contributed by atoms with E-state index in [0.717, 1.165) is 0 Å². The molecule has 2 aromatic rings. The smallest absolute Gasteiger partial charge is 0.160 e. The number of anilines is 1. The molecule has 0 bridgehead atoms. The highest BCUT2D eigenvalue weighted by atomic mass is 35.5. The van der Waals surface area contributed by atoms with E-state index in [2.05, 4.69) is 9.98 Å².